The van der Waals surface area contributed by atoms with Crippen molar-refractivity contribution in [2.45, 2.75) is 32.0 Å². The van der Waals surface area contributed by atoms with Gasteiger partial charge in [-0.2, -0.15) is 0 Å². The number of nitrogens with zero attached hydrogens (tertiary/aromatic N) is 2. The van der Waals surface area contributed by atoms with Crippen molar-refractivity contribution < 1.29 is 9.53 Å². The second-order valence-corrected chi connectivity index (χ2v) is 6.20. The highest BCUT2D eigenvalue weighted by molar-refractivity contribution is 5.85. The van der Waals surface area contributed by atoms with Gasteiger partial charge >= 0.3 is 0 Å². The quantitative estimate of drug-likeness (QED) is 0.777. The van der Waals surface area contributed by atoms with Gasteiger partial charge in [0.1, 0.15) is 0 Å². The van der Waals surface area contributed by atoms with Crippen LogP contribution in [0.3, 0.4) is 0 Å². The highest BCUT2D eigenvalue weighted by Gasteiger charge is 2.26. The number of imidazole rings is 1. The van der Waals surface area contributed by atoms with E-state index in [0.717, 1.165) is 30.5 Å². The maximum Gasteiger partial charge on any atom is 0.237 e. The Balaban J connectivity index is 0.00000169. The smallest absolute Gasteiger partial charge is 0.237 e. The molecule has 6 nitrogen and oxygen atoms in total. The first-order valence-corrected chi connectivity index (χ1v) is 8.37. The number of carbonyl (C=O) groups excluding carboxylic acids is 1. The second-order valence-electron chi connectivity index (χ2n) is 6.20. The van der Waals surface area contributed by atoms with Crippen LogP contribution in [0.4, 0.5) is 0 Å². The van der Waals surface area contributed by atoms with Crippen LogP contribution < -0.4 is 11.1 Å². The van der Waals surface area contributed by atoms with E-state index in [4.69, 9.17) is 10.5 Å². The number of rotatable bonds is 6. The van der Waals surface area contributed by atoms with Crippen LogP contribution in [0.5, 0.6) is 0 Å². The van der Waals surface area contributed by atoms with Gasteiger partial charge in [-0.05, 0) is 29.9 Å². The van der Waals surface area contributed by atoms with Gasteiger partial charge in [0.15, 0.2) is 0 Å². The molecule has 0 bridgehead atoms. The fraction of sp³-hybridized carbons (Fsp3) is 0.444. The van der Waals surface area contributed by atoms with E-state index in [1.165, 1.54) is 0 Å². The number of benzene rings is 1. The zero-order chi connectivity index (χ0) is 16.8. The van der Waals surface area contributed by atoms with Crippen LogP contribution in [-0.4, -0.2) is 34.7 Å². The van der Waals surface area contributed by atoms with Gasteiger partial charge in [0.25, 0.3) is 0 Å². The fourth-order valence-corrected chi connectivity index (χ4v) is 3.05. The van der Waals surface area contributed by atoms with Gasteiger partial charge in [-0.15, -0.1) is 24.8 Å². The molecular formula is C18H26Cl2N4O2. The van der Waals surface area contributed by atoms with Crippen molar-refractivity contribution in [2.24, 2.45) is 11.7 Å². The minimum Gasteiger partial charge on any atom is -0.381 e. The summed E-state index contributed by atoms with van der Waals surface area (Å²) in [7, 11) is 0. The molecule has 8 heteroatoms. The highest BCUT2D eigenvalue weighted by Crippen LogP contribution is 2.18. The number of ether oxygens (including phenoxy) is 1. The van der Waals surface area contributed by atoms with Crippen molar-refractivity contribution in [1.82, 2.24) is 14.9 Å². The summed E-state index contributed by atoms with van der Waals surface area (Å²) in [5.74, 6) is 0.124. The van der Waals surface area contributed by atoms with Gasteiger partial charge in [-0.25, -0.2) is 4.98 Å². The number of amides is 1. The van der Waals surface area contributed by atoms with Crippen LogP contribution in [0, 0.1) is 5.92 Å². The van der Waals surface area contributed by atoms with Crippen molar-refractivity contribution in [3.63, 3.8) is 0 Å². The van der Waals surface area contributed by atoms with Crippen molar-refractivity contribution in [1.29, 1.82) is 0 Å². The maximum atomic E-state index is 12.4. The van der Waals surface area contributed by atoms with E-state index in [2.05, 4.69) is 16.4 Å². The average Bonchev–Trinajstić information content (AvgIpc) is 3.14. The highest BCUT2D eigenvalue weighted by atomic mass is 35.5. The first-order chi connectivity index (χ1) is 11.7. The molecule has 0 aliphatic carbocycles. The minimum atomic E-state index is -0.463. The summed E-state index contributed by atoms with van der Waals surface area (Å²) in [5.41, 5.74) is 8.38. The minimum absolute atomic E-state index is 0. The van der Waals surface area contributed by atoms with E-state index in [9.17, 15) is 4.79 Å². The van der Waals surface area contributed by atoms with Gasteiger partial charge in [-0.1, -0.05) is 24.3 Å². The number of carbonyl (C=O) groups is 1. The van der Waals surface area contributed by atoms with Crippen LogP contribution in [0.15, 0.2) is 43.0 Å². The maximum absolute atomic E-state index is 12.4. The zero-order valence-electron chi connectivity index (χ0n) is 14.5. The molecule has 1 atom stereocenters. The Bertz CT molecular complexity index is 661. The van der Waals surface area contributed by atoms with E-state index in [1.807, 2.05) is 29.0 Å². The first-order valence-electron chi connectivity index (χ1n) is 8.37. The van der Waals surface area contributed by atoms with E-state index in [1.54, 1.807) is 12.5 Å². The van der Waals surface area contributed by atoms with Crippen molar-refractivity contribution in [3.05, 3.63) is 54.1 Å². The molecule has 1 aliphatic heterocycles. The number of halogens is 2. The summed E-state index contributed by atoms with van der Waals surface area (Å²) in [6.07, 6.45) is 7.18. The molecule has 2 heterocycles. The molecule has 2 aromatic rings. The Labute approximate surface area is 166 Å². The molecule has 1 aromatic heterocycles. The van der Waals surface area contributed by atoms with Crippen molar-refractivity contribution in [3.8, 4) is 0 Å². The molecule has 1 saturated heterocycles. The Morgan fingerprint density at radius 3 is 2.62 bits per heavy atom. The molecule has 1 aromatic carbocycles. The predicted octanol–water partition coefficient (Wildman–Crippen LogP) is 2.15. The van der Waals surface area contributed by atoms with Crippen LogP contribution in [0.1, 0.15) is 24.0 Å². The van der Waals surface area contributed by atoms with E-state index < -0.39 is 6.04 Å². The lowest BCUT2D eigenvalue weighted by atomic mass is 9.92. The van der Waals surface area contributed by atoms with Crippen LogP contribution in [-0.2, 0) is 22.6 Å². The third-order valence-corrected chi connectivity index (χ3v) is 4.56. The van der Waals surface area contributed by atoms with E-state index >= 15 is 0 Å². The van der Waals surface area contributed by atoms with Gasteiger partial charge in [0.2, 0.25) is 5.91 Å². The third kappa shape index (κ3) is 5.99. The topological polar surface area (TPSA) is 82.2 Å². The Kier molecular flexibility index (Phi) is 9.65. The van der Waals surface area contributed by atoms with Crippen LogP contribution >= 0.6 is 24.8 Å². The molecule has 0 spiro atoms. The lowest BCUT2D eigenvalue weighted by Gasteiger charge is -2.26. The van der Waals surface area contributed by atoms with E-state index in [-0.39, 0.29) is 36.6 Å². The van der Waals surface area contributed by atoms with E-state index in [0.29, 0.717) is 19.8 Å². The van der Waals surface area contributed by atoms with Crippen molar-refractivity contribution >= 4 is 30.7 Å². The standard InChI is InChI=1S/C18H24N4O2.2ClH/c19-17(14-5-9-24-10-6-14)18(23)21-11-15-3-1-2-4-16(15)12-22-8-7-20-13-22;;/h1-4,7-8,13-14,17H,5-6,9-12,19H2,(H,21,23);2*1H. The number of hydrogen-bond donors (Lipinski definition) is 2. The summed E-state index contributed by atoms with van der Waals surface area (Å²) in [6, 6.07) is 7.63. The molecular weight excluding hydrogens is 375 g/mol. The fourth-order valence-electron chi connectivity index (χ4n) is 3.05. The van der Waals surface area contributed by atoms with Crippen LogP contribution in [0.25, 0.3) is 0 Å². The van der Waals surface area contributed by atoms with Gasteiger partial charge in [0, 0.05) is 38.7 Å². The molecule has 1 amide bonds. The summed E-state index contributed by atoms with van der Waals surface area (Å²) in [6.45, 7) is 2.61. The molecule has 0 radical (unpaired) electrons. The molecule has 1 fully saturated rings. The number of aromatic nitrogens is 2. The Morgan fingerprint density at radius 2 is 1.96 bits per heavy atom. The molecule has 0 saturated carbocycles. The van der Waals surface area contributed by atoms with Gasteiger partial charge < -0.3 is 20.4 Å². The molecule has 144 valence electrons. The molecule has 26 heavy (non-hydrogen) atoms. The first kappa shape index (κ1) is 22.4. The second kappa shape index (κ2) is 11.2. The molecule has 1 aliphatic rings. The third-order valence-electron chi connectivity index (χ3n) is 4.56. The lowest BCUT2D eigenvalue weighted by Crippen LogP contribution is -2.46. The molecule has 3 rings (SSSR count). The van der Waals surface area contributed by atoms with Gasteiger partial charge in [-0.3, -0.25) is 4.79 Å². The number of nitrogens with two attached hydrogens (primary N) is 1. The number of hydrogen-bond acceptors (Lipinski definition) is 4. The van der Waals surface area contributed by atoms with Crippen molar-refractivity contribution in [2.75, 3.05) is 13.2 Å². The summed E-state index contributed by atoms with van der Waals surface area (Å²) >= 11 is 0. The summed E-state index contributed by atoms with van der Waals surface area (Å²) in [4.78, 5) is 16.4. The molecule has 3 N–H and O–H groups in total. The lowest BCUT2D eigenvalue weighted by molar-refractivity contribution is -0.124. The number of nitrogens with one attached hydrogen (secondary N) is 1. The summed E-state index contributed by atoms with van der Waals surface area (Å²) in [5, 5.41) is 2.99. The molecule has 1 unspecified atom stereocenters. The summed E-state index contributed by atoms with van der Waals surface area (Å²) < 4.78 is 7.34. The zero-order valence-corrected chi connectivity index (χ0v) is 16.2. The van der Waals surface area contributed by atoms with Gasteiger partial charge in [0.05, 0.1) is 12.4 Å². The Morgan fingerprint density at radius 1 is 1.27 bits per heavy atom. The average molecular weight is 401 g/mol. The largest absolute Gasteiger partial charge is 0.381 e. The van der Waals surface area contributed by atoms with Crippen LogP contribution in [0.2, 0.25) is 0 Å². The predicted molar refractivity (Wildman–Crippen MR) is 106 cm³/mol. The normalized spacial score (nSPS) is 15.4. The SMILES string of the molecule is Cl.Cl.NC(C(=O)NCc1ccccc1Cn1ccnc1)C1CCOCC1. The monoisotopic (exact) mass is 400 g/mol. The Hall–Kier alpha value is -1.60.